The zero-order valence-corrected chi connectivity index (χ0v) is 15.9. The van der Waals surface area contributed by atoms with Crippen LogP contribution in [0.3, 0.4) is 0 Å². The summed E-state index contributed by atoms with van der Waals surface area (Å²) >= 11 is 0. The van der Waals surface area contributed by atoms with Crippen molar-refractivity contribution in [2.75, 3.05) is 0 Å². The first kappa shape index (κ1) is 16.9. The molecule has 0 saturated carbocycles. The molecular formula is C23H25P. The first-order valence-electron chi connectivity index (χ1n) is 8.52. The lowest BCUT2D eigenvalue weighted by Gasteiger charge is -2.26. The summed E-state index contributed by atoms with van der Waals surface area (Å²) in [6, 6.07) is 24.3. The Balaban J connectivity index is 2.18. The molecule has 0 fully saturated rings. The number of hydrogen-bond donors (Lipinski definition) is 0. The molecule has 0 bridgehead atoms. The Hall–Kier alpha value is -1.91. The number of aryl methyl sites for hydroxylation is 4. The van der Waals surface area contributed by atoms with Gasteiger partial charge < -0.3 is 0 Å². The molecule has 0 atom stereocenters. The van der Waals surface area contributed by atoms with Crippen LogP contribution in [-0.2, 0) is 6.16 Å². The molecule has 1 heteroatoms. The van der Waals surface area contributed by atoms with E-state index in [9.17, 15) is 0 Å². The quantitative estimate of drug-likeness (QED) is 0.549. The third-order valence-electron chi connectivity index (χ3n) is 4.60. The second-order valence-electron chi connectivity index (χ2n) is 6.55. The molecule has 0 amide bonds. The third-order valence-corrected chi connectivity index (χ3v) is 7.77. The van der Waals surface area contributed by atoms with E-state index in [1.165, 1.54) is 27.8 Å². The summed E-state index contributed by atoms with van der Waals surface area (Å²) in [4.78, 5) is 0. The van der Waals surface area contributed by atoms with Crippen LogP contribution in [0.2, 0.25) is 0 Å². The van der Waals surface area contributed by atoms with Gasteiger partial charge in [-0.05, 0) is 74.0 Å². The first-order chi connectivity index (χ1) is 11.6. The molecule has 0 aliphatic rings. The minimum atomic E-state index is -0.410. The summed E-state index contributed by atoms with van der Waals surface area (Å²) < 4.78 is 0. The van der Waals surface area contributed by atoms with E-state index < -0.39 is 7.92 Å². The zero-order chi connectivity index (χ0) is 17.1. The Labute approximate surface area is 147 Å². The lowest BCUT2D eigenvalue weighted by atomic mass is 10.1. The average molecular weight is 332 g/mol. The molecule has 3 aromatic carbocycles. The molecule has 0 aromatic heterocycles. The first-order valence-corrected chi connectivity index (χ1v) is 10.0. The summed E-state index contributed by atoms with van der Waals surface area (Å²) in [6.45, 7) is 9.04. The number of rotatable bonds is 4. The average Bonchev–Trinajstić information content (AvgIpc) is 2.55. The SMILES string of the molecule is Cc1cccc(C)c1P(Cc1ccccc1)c1c(C)cccc1C. The number of benzene rings is 3. The van der Waals surface area contributed by atoms with Crippen molar-refractivity contribution in [3.8, 4) is 0 Å². The highest BCUT2D eigenvalue weighted by atomic mass is 31.1. The van der Waals surface area contributed by atoms with Crippen LogP contribution < -0.4 is 10.6 Å². The molecule has 0 nitrogen and oxygen atoms in total. The van der Waals surface area contributed by atoms with Gasteiger partial charge in [0.15, 0.2) is 0 Å². The van der Waals surface area contributed by atoms with Crippen molar-refractivity contribution in [1.82, 2.24) is 0 Å². The van der Waals surface area contributed by atoms with Crippen molar-refractivity contribution >= 4 is 18.5 Å². The van der Waals surface area contributed by atoms with Crippen molar-refractivity contribution in [2.45, 2.75) is 33.9 Å². The molecule has 24 heavy (non-hydrogen) atoms. The molecule has 0 aliphatic carbocycles. The van der Waals surface area contributed by atoms with E-state index in [0.717, 1.165) is 6.16 Å². The predicted molar refractivity (Wildman–Crippen MR) is 108 cm³/mol. The highest BCUT2D eigenvalue weighted by Gasteiger charge is 2.21. The van der Waals surface area contributed by atoms with Gasteiger partial charge in [0.05, 0.1) is 0 Å². The van der Waals surface area contributed by atoms with Gasteiger partial charge >= 0.3 is 0 Å². The molecule has 0 radical (unpaired) electrons. The van der Waals surface area contributed by atoms with Crippen molar-refractivity contribution < 1.29 is 0 Å². The molecule has 0 unspecified atom stereocenters. The van der Waals surface area contributed by atoms with E-state index in [0.29, 0.717) is 0 Å². The van der Waals surface area contributed by atoms with Gasteiger partial charge in [-0.1, -0.05) is 66.7 Å². The highest BCUT2D eigenvalue weighted by Crippen LogP contribution is 2.42. The highest BCUT2D eigenvalue weighted by molar-refractivity contribution is 7.72. The Morgan fingerprint density at radius 2 is 0.958 bits per heavy atom. The Kier molecular flexibility index (Phi) is 5.17. The topological polar surface area (TPSA) is 0 Å². The fraction of sp³-hybridized carbons (Fsp3) is 0.217. The molecular weight excluding hydrogens is 307 g/mol. The lowest BCUT2D eigenvalue weighted by molar-refractivity contribution is 1.37. The van der Waals surface area contributed by atoms with Gasteiger partial charge in [-0.3, -0.25) is 0 Å². The zero-order valence-electron chi connectivity index (χ0n) is 15.0. The van der Waals surface area contributed by atoms with E-state index >= 15 is 0 Å². The summed E-state index contributed by atoms with van der Waals surface area (Å²) in [7, 11) is -0.410. The Morgan fingerprint density at radius 3 is 1.38 bits per heavy atom. The summed E-state index contributed by atoms with van der Waals surface area (Å²) in [6.07, 6.45) is 1.10. The van der Waals surface area contributed by atoms with E-state index in [-0.39, 0.29) is 0 Å². The van der Waals surface area contributed by atoms with Crippen LogP contribution in [0.5, 0.6) is 0 Å². The molecule has 0 heterocycles. The molecule has 0 spiro atoms. The monoisotopic (exact) mass is 332 g/mol. The van der Waals surface area contributed by atoms with Crippen LogP contribution in [0.25, 0.3) is 0 Å². The van der Waals surface area contributed by atoms with Crippen molar-refractivity contribution in [3.05, 3.63) is 94.5 Å². The summed E-state index contributed by atoms with van der Waals surface area (Å²) in [5, 5.41) is 3.10. The van der Waals surface area contributed by atoms with E-state index in [1.807, 2.05) is 0 Å². The normalized spacial score (nSPS) is 11.0. The van der Waals surface area contributed by atoms with Crippen LogP contribution >= 0.6 is 7.92 Å². The van der Waals surface area contributed by atoms with Gasteiger partial charge in [-0.15, -0.1) is 0 Å². The molecule has 3 rings (SSSR count). The van der Waals surface area contributed by atoms with E-state index in [2.05, 4.69) is 94.4 Å². The van der Waals surface area contributed by atoms with Gasteiger partial charge in [0, 0.05) is 6.16 Å². The molecule has 0 saturated heterocycles. The lowest BCUT2D eigenvalue weighted by Crippen LogP contribution is -2.22. The van der Waals surface area contributed by atoms with Gasteiger partial charge in [-0.2, -0.15) is 0 Å². The van der Waals surface area contributed by atoms with E-state index in [4.69, 9.17) is 0 Å². The maximum atomic E-state index is 2.26. The molecule has 0 aliphatic heterocycles. The van der Waals surface area contributed by atoms with Gasteiger partial charge in [-0.25, -0.2) is 0 Å². The number of hydrogen-bond acceptors (Lipinski definition) is 0. The fourth-order valence-electron chi connectivity index (χ4n) is 3.50. The van der Waals surface area contributed by atoms with Crippen LogP contribution in [0.15, 0.2) is 66.7 Å². The third kappa shape index (κ3) is 3.45. The molecule has 122 valence electrons. The Bertz CT molecular complexity index is 742. The molecule has 3 aromatic rings. The fourth-order valence-corrected chi connectivity index (χ4v) is 6.62. The van der Waals surface area contributed by atoms with Crippen molar-refractivity contribution in [1.29, 1.82) is 0 Å². The smallest absolute Gasteiger partial charge is 0.000782 e. The minimum absolute atomic E-state index is 0.410. The van der Waals surface area contributed by atoms with Crippen LogP contribution in [0.1, 0.15) is 27.8 Å². The van der Waals surface area contributed by atoms with Crippen molar-refractivity contribution in [3.63, 3.8) is 0 Å². The van der Waals surface area contributed by atoms with Crippen LogP contribution in [-0.4, -0.2) is 0 Å². The van der Waals surface area contributed by atoms with E-state index in [1.54, 1.807) is 10.6 Å². The van der Waals surface area contributed by atoms with Gasteiger partial charge in [0.25, 0.3) is 0 Å². The Morgan fingerprint density at radius 1 is 0.542 bits per heavy atom. The molecule has 0 N–H and O–H groups in total. The second-order valence-corrected chi connectivity index (χ2v) is 8.62. The largest absolute Gasteiger partial charge is 0.0622 e. The van der Waals surface area contributed by atoms with Crippen molar-refractivity contribution in [2.24, 2.45) is 0 Å². The maximum absolute atomic E-state index is 2.26. The summed E-state index contributed by atoms with van der Waals surface area (Å²) in [5.41, 5.74) is 7.09. The standard InChI is InChI=1S/C23H25P/c1-17-10-8-11-18(2)22(17)24(16-21-14-6-5-7-15-21)23-19(3)12-9-13-20(23)4/h5-15H,16H2,1-4H3. The predicted octanol–water partition coefficient (Wildman–Crippen LogP) is 5.55. The minimum Gasteiger partial charge on any atom is -0.0622 e. The van der Waals surface area contributed by atoms with Crippen LogP contribution in [0.4, 0.5) is 0 Å². The van der Waals surface area contributed by atoms with Gasteiger partial charge in [0.2, 0.25) is 0 Å². The second kappa shape index (κ2) is 7.32. The summed E-state index contributed by atoms with van der Waals surface area (Å²) in [5.74, 6) is 0. The maximum Gasteiger partial charge on any atom is 0.000782 e. The van der Waals surface area contributed by atoms with Gasteiger partial charge in [0.1, 0.15) is 0 Å². The van der Waals surface area contributed by atoms with Crippen LogP contribution in [0, 0.1) is 27.7 Å².